The summed E-state index contributed by atoms with van der Waals surface area (Å²) in [5.41, 5.74) is 4.01. The first-order valence-corrected chi connectivity index (χ1v) is 14.1. The number of nitrogens with zero attached hydrogens (tertiary/aromatic N) is 1. The molecule has 2 aliphatic rings. The number of benzene rings is 2. The SMILES string of the molecule is CCOC(=O)CCc1ccc(C#N)c(OC[C@@H](CNC(C)(C)CC2Cc3ccccc3C2)OC(=O)C2CC2)c1. The fourth-order valence-electron chi connectivity index (χ4n) is 5.29. The predicted octanol–water partition coefficient (Wildman–Crippen LogP) is 4.93. The number of carbonyl (C=O) groups excluding carboxylic acids is 2. The Bertz CT molecular complexity index is 1170. The van der Waals surface area contributed by atoms with Gasteiger partial charge in [-0.2, -0.15) is 5.26 Å². The first kappa shape index (κ1) is 28.6. The van der Waals surface area contributed by atoms with E-state index < -0.39 is 6.10 Å². The van der Waals surface area contributed by atoms with Crippen LogP contribution in [0.5, 0.6) is 5.75 Å². The molecule has 2 aromatic carbocycles. The Morgan fingerprint density at radius 3 is 2.49 bits per heavy atom. The Morgan fingerprint density at radius 2 is 1.85 bits per heavy atom. The molecule has 7 nitrogen and oxygen atoms in total. The molecule has 0 heterocycles. The molecule has 0 unspecified atom stereocenters. The molecule has 0 spiro atoms. The zero-order chi connectivity index (χ0) is 27.8. The summed E-state index contributed by atoms with van der Waals surface area (Å²) in [6.07, 6.45) is 5.18. The first-order chi connectivity index (χ1) is 18.8. The predicted molar refractivity (Wildman–Crippen MR) is 148 cm³/mol. The van der Waals surface area contributed by atoms with Gasteiger partial charge in [-0.15, -0.1) is 0 Å². The van der Waals surface area contributed by atoms with Gasteiger partial charge in [-0.3, -0.25) is 9.59 Å². The van der Waals surface area contributed by atoms with Crippen molar-refractivity contribution in [3.8, 4) is 11.8 Å². The van der Waals surface area contributed by atoms with Gasteiger partial charge in [-0.25, -0.2) is 0 Å². The van der Waals surface area contributed by atoms with E-state index in [9.17, 15) is 14.9 Å². The number of esters is 2. The highest BCUT2D eigenvalue weighted by Crippen LogP contribution is 2.33. The van der Waals surface area contributed by atoms with Crippen molar-refractivity contribution < 1.29 is 23.8 Å². The molecule has 0 saturated heterocycles. The van der Waals surface area contributed by atoms with E-state index in [1.165, 1.54) is 11.1 Å². The summed E-state index contributed by atoms with van der Waals surface area (Å²) in [6.45, 7) is 7.10. The van der Waals surface area contributed by atoms with E-state index >= 15 is 0 Å². The lowest BCUT2D eigenvalue weighted by Gasteiger charge is -2.31. The maximum absolute atomic E-state index is 12.5. The monoisotopic (exact) mass is 532 g/mol. The van der Waals surface area contributed by atoms with Crippen LogP contribution in [0.25, 0.3) is 0 Å². The second-order valence-electron chi connectivity index (χ2n) is 11.4. The largest absolute Gasteiger partial charge is 0.488 e. The maximum Gasteiger partial charge on any atom is 0.309 e. The van der Waals surface area contributed by atoms with Gasteiger partial charge in [-0.1, -0.05) is 30.3 Å². The third-order valence-corrected chi connectivity index (χ3v) is 7.45. The number of rotatable bonds is 14. The molecular weight excluding hydrogens is 492 g/mol. The summed E-state index contributed by atoms with van der Waals surface area (Å²) >= 11 is 0. The average Bonchev–Trinajstić information content (AvgIpc) is 3.69. The van der Waals surface area contributed by atoms with Crippen LogP contribution in [-0.4, -0.2) is 43.3 Å². The number of aryl methyl sites for hydroxylation is 1. The molecule has 39 heavy (non-hydrogen) atoms. The number of nitriles is 1. The van der Waals surface area contributed by atoms with Gasteiger partial charge in [0.05, 0.1) is 18.1 Å². The van der Waals surface area contributed by atoms with Crippen molar-refractivity contribution in [3.63, 3.8) is 0 Å². The molecule has 2 aromatic rings. The maximum atomic E-state index is 12.5. The standard InChI is InChI=1S/C32H40N2O5/c1-4-37-30(35)14-10-22-9-11-27(19-33)29(17-22)38-21-28(39-31(36)24-12-13-24)20-34-32(2,3)18-23-15-25-7-5-6-8-26(25)16-23/h5-9,11,17,23-24,28,34H,4,10,12-16,18,20-21H2,1-3H3/t28-/m1/s1. The molecule has 0 amide bonds. The van der Waals surface area contributed by atoms with Gasteiger partial charge >= 0.3 is 11.9 Å². The van der Waals surface area contributed by atoms with Crippen LogP contribution in [0.2, 0.25) is 0 Å². The van der Waals surface area contributed by atoms with Gasteiger partial charge in [-0.05, 0) is 94.0 Å². The summed E-state index contributed by atoms with van der Waals surface area (Å²) in [4.78, 5) is 24.3. The second-order valence-corrected chi connectivity index (χ2v) is 11.4. The van der Waals surface area contributed by atoms with Gasteiger partial charge in [0.1, 0.15) is 24.5 Å². The van der Waals surface area contributed by atoms with Crippen LogP contribution in [0, 0.1) is 23.2 Å². The zero-order valence-electron chi connectivity index (χ0n) is 23.3. The third kappa shape index (κ3) is 8.56. The molecule has 1 N–H and O–H groups in total. The number of fused-ring (bicyclic) bond motifs is 1. The average molecular weight is 533 g/mol. The highest BCUT2D eigenvalue weighted by atomic mass is 16.6. The Hall–Kier alpha value is -3.37. The van der Waals surface area contributed by atoms with E-state index in [4.69, 9.17) is 14.2 Å². The molecule has 0 bridgehead atoms. The Balaban J connectivity index is 1.35. The molecule has 0 radical (unpaired) electrons. The van der Waals surface area contributed by atoms with Crippen LogP contribution in [0.15, 0.2) is 42.5 Å². The molecular formula is C32H40N2O5. The minimum absolute atomic E-state index is 0.0154. The fraction of sp³-hybridized carbons (Fsp3) is 0.531. The van der Waals surface area contributed by atoms with Crippen LogP contribution in [0.1, 0.15) is 68.7 Å². The van der Waals surface area contributed by atoms with Crippen molar-refractivity contribution in [1.29, 1.82) is 5.26 Å². The third-order valence-electron chi connectivity index (χ3n) is 7.45. The Kier molecular flexibility index (Phi) is 9.63. The van der Waals surface area contributed by atoms with E-state index in [0.29, 0.717) is 36.8 Å². The van der Waals surface area contributed by atoms with Gasteiger partial charge in [0.2, 0.25) is 0 Å². The Labute approximate surface area is 231 Å². The lowest BCUT2D eigenvalue weighted by atomic mass is 9.88. The number of hydrogen-bond acceptors (Lipinski definition) is 7. The van der Waals surface area contributed by atoms with Crippen molar-refractivity contribution >= 4 is 11.9 Å². The lowest BCUT2D eigenvalue weighted by molar-refractivity contribution is -0.152. The van der Waals surface area contributed by atoms with E-state index in [0.717, 1.165) is 37.7 Å². The number of nitrogens with one attached hydrogen (secondary N) is 1. The molecule has 1 saturated carbocycles. The quantitative estimate of drug-likeness (QED) is 0.345. The summed E-state index contributed by atoms with van der Waals surface area (Å²) in [7, 11) is 0. The molecule has 7 heteroatoms. The van der Waals surface area contributed by atoms with Crippen LogP contribution in [-0.2, 0) is 38.3 Å². The van der Waals surface area contributed by atoms with E-state index in [2.05, 4.69) is 49.5 Å². The topological polar surface area (TPSA) is 97.7 Å². The van der Waals surface area contributed by atoms with E-state index in [1.807, 2.05) is 6.07 Å². The summed E-state index contributed by atoms with van der Waals surface area (Å²) in [5.74, 6) is 0.543. The van der Waals surface area contributed by atoms with Crippen molar-refractivity contribution in [1.82, 2.24) is 5.32 Å². The van der Waals surface area contributed by atoms with E-state index in [1.54, 1.807) is 19.1 Å². The number of ether oxygens (including phenoxy) is 3. The summed E-state index contributed by atoms with van der Waals surface area (Å²) < 4.78 is 16.9. The van der Waals surface area contributed by atoms with Crippen LogP contribution in [0.3, 0.4) is 0 Å². The van der Waals surface area contributed by atoms with Crippen LogP contribution < -0.4 is 10.1 Å². The van der Waals surface area contributed by atoms with Crippen molar-refractivity contribution in [2.75, 3.05) is 19.8 Å². The second kappa shape index (κ2) is 13.1. The zero-order valence-corrected chi connectivity index (χ0v) is 23.3. The molecule has 0 aliphatic heterocycles. The van der Waals surface area contributed by atoms with Gasteiger partial charge in [0.15, 0.2) is 0 Å². The lowest BCUT2D eigenvalue weighted by Crippen LogP contribution is -2.47. The van der Waals surface area contributed by atoms with Crippen LogP contribution in [0.4, 0.5) is 0 Å². The minimum Gasteiger partial charge on any atom is -0.488 e. The van der Waals surface area contributed by atoms with Crippen molar-refractivity contribution in [3.05, 3.63) is 64.7 Å². The summed E-state index contributed by atoms with van der Waals surface area (Å²) in [6, 6.07) is 16.1. The molecule has 0 aromatic heterocycles. The molecule has 1 atom stereocenters. The number of carbonyl (C=O) groups is 2. The normalized spacial score (nSPS) is 15.7. The van der Waals surface area contributed by atoms with Gasteiger partial charge in [0.25, 0.3) is 0 Å². The Morgan fingerprint density at radius 1 is 1.13 bits per heavy atom. The van der Waals surface area contributed by atoms with Gasteiger partial charge in [0, 0.05) is 18.5 Å². The smallest absolute Gasteiger partial charge is 0.309 e. The molecule has 1 fully saturated rings. The van der Waals surface area contributed by atoms with Crippen molar-refractivity contribution in [2.45, 2.75) is 77.4 Å². The van der Waals surface area contributed by atoms with Crippen molar-refractivity contribution in [2.24, 2.45) is 11.8 Å². The molecule has 4 rings (SSSR count). The highest BCUT2D eigenvalue weighted by Gasteiger charge is 2.34. The summed E-state index contributed by atoms with van der Waals surface area (Å²) in [5, 5.41) is 13.2. The number of hydrogen-bond donors (Lipinski definition) is 1. The highest BCUT2D eigenvalue weighted by molar-refractivity contribution is 5.75. The molecule has 208 valence electrons. The van der Waals surface area contributed by atoms with Gasteiger partial charge < -0.3 is 19.5 Å². The molecule has 2 aliphatic carbocycles. The minimum atomic E-state index is -0.493. The van der Waals surface area contributed by atoms with E-state index in [-0.39, 0.29) is 36.4 Å². The van der Waals surface area contributed by atoms with Crippen LogP contribution >= 0.6 is 0 Å². The fourth-order valence-corrected chi connectivity index (χ4v) is 5.29. The first-order valence-electron chi connectivity index (χ1n) is 14.1.